The van der Waals surface area contributed by atoms with Crippen molar-refractivity contribution in [3.8, 4) is 0 Å². The molecule has 3 heteroatoms. The van der Waals surface area contributed by atoms with E-state index < -0.39 is 0 Å². The van der Waals surface area contributed by atoms with E-state index in [1.54, 1.807) is 0 Å². The standard InChI is InChI=1S/C21H22N2O/c1-14-8-3-4-9-16(14)23-15(2)18-19-17(10-7-13-22-19)24-20(18)21(23)11-5-6-12-21/h3-4,7-10,13,15H,5-6,11-12H2,1-2H3/t15-/m0/s1. The van der Waals surface area contributed by atoms with Crippen molar-refractivity contribution in [1.82, 2.24) is 4.98 Å². The maximum atomic E-state index is 6.41. The second-order valence-electron chi connectivity index (χ2n) is 7.27. The van der Waals surface area contributed by atoms with Gasteiger partial charge in [0.05, 0.1) is 11.6 Å². The highest BCUT2D eigenvalue weighted by Crippen LogP contribution is 2.58. The third kappa shape index (κ3) is 1.65. The Bertz CT molecular complexity index is 920. The van der Waals surface area contributed by atoms with Gasteiger partial charge in [0.25, 0.3) is 0 Å². The van der Waals surface area contributed by atoms with Crippen molar-refractivity contribution in [3.63, 3.8) is 0 Å². The maximum absolute atomic E-state index is 6.41. The Morgan fingerprint density at radius 3 is 2.71 bits per heavy atom. The Morgan fingerprint density at radius 1 is 1.12 bits per heavy atom. The topological polar surface area (TPSA) is 29.3 Å². The summed E-state index contributed by atoms with van der Waals surface area (Å²) in [4.78, 5) is 7.27. The summed E-state index contributed by atoms with van der Waals surface area (Å²) in [5, 5.41) is 0. The molecule has 122 valence electrons. The van der Waals surface area contributed by atoms with Gasteiger partial charge in [0.15, 0.2) is 5.58 Å². The van der Waals surface area contributed by atoms with E-state index in [-0.39, 0.29) is 11.6 Å². The summed E-state index contributed by atoms with van der Waals surface area (Å²) >= 11 is 0. The van der Waals surface area contributed by atoms with Crippen LogP contribution in [0.3, 0.4) is 0 Å². The molecule has 1 aromatic carbocycles. The van der Waals surface area contributed by atoms with Crippen LogP contribution in [0.1, 0.15) is 55.5 Å². The highest BCUT2D eigenvalue weighted by atomic mass is 16.3. The molecule has 1 aliphatic heterocycles. The van der Waals surface area contributed by atoms with Crippen molar-refractivity contribution in [1.29, 1.82) is 0 Å². The first-order valence-corrected chi connectivity index (χ1v) is 8.95. The Kier molecular flexibility index (Phi) is 2.85. The van der Waals surface area contributed by atoms with Crippen molar-refractivity contribution >= 4 is 16.8 Å². The summed E-state index contributed by atoms with van der Waals surface area (Å²) in [7, 11) is 0. The number of benzene rings is 1. The summed E-state index contributed by atoms with van der Waals surface area (Å²) < 4.78 is 6.41. The number of pyridine rings is 1. The lowest BCUT2D eigenvalue weighted by molar-refractivity contribution is 0.348. The van der Waals surface area contributed by atoms with Crippen LogP contribution in [-0.2, 0) is 5.54 Å². The number of rotatable bonds is 1. The smallest absolute Gasteiger partial charge is 0.153 e. The second-order valence-corrected chi connectivity index (χ2v) is 7.27. The Morgan fingerprint density at radius 2 is 1.92 bits per heavy atom. The van der Waals surface area contributed by atoms with Crippen LogP contribution in [0.25, 0.3) is 11.1 Å². The second kappa shape index (κ2) is 4.85. The zero-order valence-corrected chi connectivity index (χ0v) is 14.2. The van der Waals surface area contributed by atoms with Gasteiger partial charge in [-0.25, -0.2) is 0 Å². The van der Waals surface area contributed by atoms with Gasteiger partial charge in [-0.3, -0.25) is 4.98 Å². The van der Waals surface area contributed by atoms with Crippen LogP contribution in [-0.4, -0.2) is 4.98 Å². The maximum Gasteiger partial charge on any atom is 0.153 e. The van der Waals surface area contributed by atoms with Crippen LogP contribution in [0, 0.1) is 6.92 Å². The van der Waals surface area contributed by atoms with Gasteiger partial charge in [-0.15, -0.1) is 0 Å². The number of fused-ring (bicyclic) bond motifs is 4. The van der Waals surface area contributed by atoms with Gasteiger partial charge in [0, 0.05) is 17.4 Å². The van der Waals surface area contributed by atoms with Crippen LogP contribution in [0.4, 0.5) is 5.69 Å². The fraction of sp³-hybridized carbons (Fsp3) is 0.381. The first-order chi connectivity index (χ1) is 11.7. The molecule has 1 fully saturated rings. The number of anilines is 1. The SMILES string of the molecule is Cc1ccccc1N1[C@@H](C)c2c(oc3cccnc23)C12CCCC2. The predicted octanol–water partition coefficient (Wildman–Crippen LogP) is 5.49. The number of hydrogen-bond acceptors (Lipinski definition) is 3. The monoisotopic (exact) mass is 318 g/mol. The predicted molar refractivity (Wildman–Crippen MR) is 96.2 cm³/mol. The Hall–Kier alpha value is -2.29. The molecule has 2 aliphatic rings. The Labute approximate surface area is 142 Å². The van der Waals surface area contributed by atoms with E-state index in [9.17, 15) is 0 Å². The van der Waals surface area contributed by atoms with E-state index in [2.05, 4.69) is 48.0 Å². The van der Waals surface area contributed by atoms with Gasteiger partial charge in [-0.05, 0) is 50.5 Å². The molecule has 0 bridgehead atoms. The number of nitrogens with zero attached hydrogens (tertiary/aromatic N) is 2. The lowest BCUT2D eigenvalue weighted by Crippen LogP contribution is -2.40. The van der Waals surface area contributed by atoms with Gasteiger partial charge in [0.2, 0.25) is 0 Å². The van der Waals surface area contributed by atoms with Crippen molar-refractivity contribution in [3.05, 3.63) is 59.5 Å². The molecule has 1 aliphatic carbocycles. The first-order valence-electron chi connectivity index (χ1n) is 8.95. The van der Waals surface area contributed by atoms with Gasteiger partial charge in [-0.2, -0.15) is 0 Å². The summed E-state index contributed by atoms with van der Waals surface area (Å²) in [5.41, 5.74) is 5.95. The molecule has 24 heavy (non-hydrogen) atoms. The van der Waals surface area contributed by atoms with Crippen LogP contribution in [0.5, 0.6) is 0 Å². The average Bonchev–Trinajstić information content (AvgIpc) is 3.26. The van der Waals surface area contributed by atoms with E-state index in [0.29, 0.717) is 0 Å². The molecule has 3 heterocycles. The molecule has 0 saturated heterocycles. The molecule has 0 unspecified atom stereocenters. The highest BCUT2D eigenvalue weighted by Gasteiger charge is 2.54. The van der Waals surface area contributed by atoms with Gasteiger partial charge >= 0.3 is 0 Å². The van der Waals surface area contributed by atoms with E-state index in [1.807, 2.05) is 18.3 Å². The molecular formula is C21H22N2O. The summed E-state index contributed by atoms with van der Waals surface area (Å²) in [5.74, 6) is 1.17. The summed E-state index contributed by atoms with van der Waals surface area (Å²) in [6, 6.07) is 13.0. The van der Waals surface area contributed by atoms with E-state index >= 15 is 0 Å². The van der Waals surface area contributed by atoms with Crippen LogP contribution >= 0.6 is 0 Å². The zero-order valence-electron chi connectivity index (χ0n) is 14.2. The lowest BCUT2D eigenvalue weighted by Gasteiger charge is -2.40. The molecule has 0 radical (unpaired) electrons. The number of furan rings is 1. The van der Waals surface area contributed by atoms with Crippen molar-refractivity contribution in [2.75, 3.05) is 4.90 Å². The van der Waals surface area contributed by atoms with E-state index in [4.69, 9.17) is 4.42 Å². The molecule has 0 N–H and O–H groups in total. The van der Waals surface area contributed by atoms with Gasteiger partial charge < -0.3 is 9.32 Å². The van der Waals surface area contributed by atoms with Crippen LogP contribution in [0.15, 0.2) is 47.0 Å². The number of hydrogen-bond donors (Lipinski definition) is 0. The fourth-order valence-electron chi connectivity index (χ4n) is 4.99. The minimum Gasteiger partial charge on any atom is -0.456 e. The quantitative estimate of drug-likeness (QED) is 0.594. The van der Waals surface area contributed by atoms with Crippen molar-refractivity contribution < 1.29 is 4.42 Å². The lowest BCUT2D eigenvalue weighted by atomic mass is 9.93. The molecule has 1 spiro atoms. The molecular weight excluding hydrogens is 296 g/mol. The van der Waals surface area contributed by atoms with Crippen LogP contribution < -0.4 is 4.90 Å². The average molecular weight is 318 g/mol. The molecule has 5 rings (SSSR count). The van der Waals surface area contributed by atoms with E-state index in [0.717, 1.165) is 11.1 Å². The number of aromatic nitrogens is 1. The molecule has 3 aromatic rings. The number of para-hydroxylation sites is 1. The summed E-state index contributed by atoms with van der Waals surface area (Å²) in [6.45, 7) is 4.52. The molecule has 3 nitrogen and oxygen atoms in total. The summed E-state index contributed by atoms with van der Waals surface area (Å²) in [6.07, 6.45) is 6.73. The highest BCUT2D eigenvalue weighted by molar-refractivity contribution is 5.82. The minimum atomic E-state index is 0.00155. The normalized spacial score (nSPS) is 21.8. The molecule has 1 atom stereocenters. The Balaban J connectivity index is 1.79. The minimum absolute atomic E-state index is 0.00155. The van der Waals surface area contributed by atoms with E-state index in [1.165, 1.54) is 48.3 Å². The fourth-order valence-corrected chi connectivity index (χ4v) is 4.99. The third-order valence-electron chi connectivity index (χ3n) is 5.98. The largest absolute Gasteiger partial charge is 0.456 e. The van der Waals surface area contributed by atoms with Gasteiger partial charge in [-0.1, -0.05) is 31.0 Å². The van der Waals surface area contributed by atoms with Crippen molar-refractivity contribution in [2.45, 2.75) is 51.1 Å². The molecule has 2 aromatic heterocycles. The molecule has 0 amide bonds. The number of aryl methyl sites for hydroxylation is 1. The first kappa shape index (κ1) is 14.1. The zero-order chi connectivity index (χ0) is 16.3. The third-order valence-corrected chi connectivity index (χ3v) is 5.98. The van der Waals surface area contributed by atoms with Crippen LogP contribution in [0.2, 0.25) is 0 Å². The van der Waals surface area contributed by atoms with Crippen molar-refractivity contribution in [2.24, 2.45) is 0 Å². The van der Waals surface area contributed by atoms with Gasteiger partial charge in [0.1, 0.15) is 11.3 Å². The molecule has 1 saturated carbocycles.